The van der Waals surface area contributed by atoms with Crippen molar-refractivity contribution < 1.29 is 19.3 Å². The van der Waals surface area contributed by atoms with Crippen molar-refractivity contribution in [3.05, 3.63) is 39.9 Å². The molecule has 1 aliphatic heterocycles. The van der Waals surface area contributed by atoms with Crippen LogP contribution in [0.1, 0.15) is 39.2 Å². The molecule has 4 amide bonds. The average molecular weight is 386 g/mol. The summed E-state index contributed by atoms with van der Waals surface area (Å²) in [6.07, 6.45) is 6.53. The fourth-order valence-corrected chi connectivity index (χ4v) is 3.07. The topological polar surface area (TPSA) is 122 Å². The Labute approximate surface area is 162 Å². The summed E-state index contributed by atoms with van der Waals surface area (Å²) in [4.78, 5) is 48.6. The highest BCUT2D eigenvalue weighted by molar-refractivity contribution is 6.09. The van der Waals surface area contributed by atoms with E-state index < -0.39 is 40.4 Å². The number of nitro groups is 1. The summed E-state index contributed by atoms with van der Waals surface area (Å²) < 4.78 is 0. The molecule has 1 aromatic rings. The van der Waals surface area contributed by atoms with E-state index >= 15 is 0 Å². The highest BCUT2D eigenvalue weighted by atomic mass is 16.6. The molecule has 1 aliphatic rings. The minimum Gasteiger partial charge on any atom is -0.338 e. The van der Waals surface area contributed by atoms with E-state index in [4.69, 9.17) is 6.42 Å². The molecule has 0 aliphatic carbocycles. The normalized spacial score (nSPS) is 19.1. The van der Waals surface area contributed by atoms with Gasteiger partial charge in [0.15, 0.2) is 0 Å². The Morgan fingerprint density at radius 3 is 2.36 bits per heavy atom. The molecule has 1 unspecified atom stereocenters. The lowest BCUT2D eigenvalue weighted by atomic mass is 9.92. The van der Waals surface area contributed by atoms with Gasteiger partial charge in [0.2, 0.25) is 5.91 Å². The van der Waals surface area contributed by atoms with Gasteiger partial charge in [-0.2, -0.15) is 0 Å². The predicted octanol–water partition coefficient (Wildman–Crippen LogP) is 1.67. The minimum absolute atomic E-state index is 0.134. The van der Waals surface area contributed by atoms with Crippen molar-refractivity contribution in [1.29, 1.82) is 0 Å². The zero-order chi connectivity index (χ0) is 21.1. The third-order valence-electron chi connectivity index (χ3n) is 5.09. The van der Waals surface area contributed by atoms with E-state index in [1.807, 2.05) is 13.8 Å². The van der Waals surface area contributed by atoms with Gasteiger partial charge in [0.25, 0.3) is 11.6 Å². The Morgan fingerprint density at radius 1 is 1.32 bits per heavy atom. The molecule has 1 fully saturated rings. The van der Waals surface area contributed by atoms with E-state index in [9.17, 15) is 24.5 Å². The molecular formula is C19H22N4O5. The number of hydrogen-bond acceptors (Lipinski definition) is 5. The number of carbonyl (C=O) groups excluding carboxylic acids is 3. The Kier molecular flexibility index (Phi) is 5.73. The van der Waals surface area contributed by atoms with Crippen molar-refractivity contribution in [3.8, 4) is 12.3 Å². The van der Waals surface area contributed by atoms with Gasteiger partial charge in [-0.15, -0.1) is 6.42 Å². The van der Waals surface area contributed by atoms with Gasteiger partial charge in [-0.25, -0.2) is 4.79 Å². The molecule has 1 heterocycles. The maximum absolute atomic E-state index is 12.9. The number of rotatable bonds is 7. The molecule has 2 rings (SSSR count). The van der Waals surface area contributed by atoms with E-state index in [1.165, 1.54) is 31.2 Å². The van der Waals surface area contributed by atoms with Crippen LogP contribution in [-0.4, -0.2) is 39.8 Å². The number of terminal acetylenes is 1. The Morgan fingerprint density at radius 2 is 1.89 bits per heavy atom. The molecule has 1 aromatic carbocycles. The van der Waals surface area contributed by atoms with Gasteiger partial charge < -0.3 is 10.6 Å². The van der Waals surface area contributed by atoms with Crippen LogP contribution in [0.4, 0.5) is 10.5 Å². The lowest BCUT2D eigenvalue weighted by Crippen LogP contribution is -2.51. The van der Waals surface area contributed by atoms with Crippen molar-refractivity contribution in [2.75, 3.05) is 6.54 Å². The van der Waals surface area contributed by atoms with Crippen molar-refractivity contribution >= 4 is 23.5 Å². The number of hydrogen-bond donors (Lipinski definition) is 2. The molecule has 2 N–H and O–H groups in total. The predicted molar refractivity (Wildman–Crippen MR) is 101 cm³/mol. The summed E-state index contributed by atoms with van der Waals surface area (Å²) in [6.45, 7) is 4.68. The van der Waals surface area contributed by atoms with E-state index in [1.54, 1.807) is 0 Å². The second-order valence-electron chi connectivity index (χ2n) is 6.73. The number of non-ortho nitro benzene ring substituents is 1. The molecule has 1 atom stereocenters. The average Bonchev–Trinajstić information content (AvgIpc) is 2.90. The second kappa shape index (κ2) is 7.68. The molecule has 9 heteroatoms. The highest BCUT2D eigenvalue weighted by Gasteiger charge is 2.49. The lowest BCUT2D eigenvalue weighted by Gasteiger charge is -2.28. The van der Waals surface area contributed by atoms with Gasteiger partial charge in [0.05, 0.1) is 4.92 Å². The zero-order valence-corrected chi connectivity index (χ0v) is 15.9. The fourth-order valence-electron chi connectivity index (χ4n) is 3.07. The SMILES string of the molecule is C#CC(CC)(CC)NC(=O)CN1C(=O)NC(C)(c2ccc([N+](=O)[O-])cc2)C1=O. The van der Waals surface area contributed by atoms with E-state index in [2.05, 4.69) is 16.6 Å². The zero-order valence-electron chi connectivity index (χ0n) is 15.9. The number of nitrogens with one attached hydrogen (secondary N) is 2. The molecule has 148 valence electrons. The minimum atomic E-state index is -1.43. The Balaban J connectivity index is 2.20. The molecule has 9 nitrogen and oxygen atoms in total. The van der Waals surface area contributed by atoms with Gasteiger partial charge in [-0.1, -0.05) is 19.8 Å². The van der Waals surface area contributed by atoms with Crippen molar-refractivity contribution in [2.24, 2.45) is 0 Å². The van der Waals surface area contributed by atoms with Gasteiger partial charge in [-0.05, 0) is 37.5 Å². The molecular weight excluding hydrogens is 364 g/mol. The smallest absolute Gasteiger partial charge is 0.325 e. The summed E-state index contributed by atoms with van der Waals surface area (Å²) in [5, 5.41) is 16.1. The summed E-state index contributed by atoms with van der Waals surface area (Å²) in [5.74, 6) is 1.39. The lowest BCUT2D eigenvalue weighted by molar-refractivity contribution is -0.384. The van der Waals surface area contributed by atoms with Crippen molar-refractivity contribution in [3.63, 3.8) is 0 Å². The van der Waals surface area contributed by atoms with Crippen LogP contribution in [-0.2, 0) is 15.1 Å². The van der Waals surface area contributed by atoms with Gasteiger partial charge in [-0.3, -0.25) is 24.6 Å². The van der Waals surface area contributed by atoms with Gasteiger partial charge in [0.1, 0.15) is 17.6 Å². The standard InChI is InChI=1S/C19H22N4O5/c1-5-19(6-2,7-3)20-15(24)12-22-16(25)18(4,21-17(22)26)13-8-10-14(11-9-13)23(27)28/h1,8-11H,6-7,12H2,2-4H3,(H,20,24)(H,21,26). The maximum atomic E-state index is 12.9. The summed E-state index contributed by atoms with van der Waals surface area (Å²) >= 11 is 0. The highest BCUT2D eigenvalue weighted by Crippen LogP contribution is 2.30. The van der Waals surface area contributed by atoms with Crippen LogP contribution >= 0.6 is 0 Å². The number of amides is 4. The van der Waals surface area contributed by atoms with Crippen molar-refractivity contribution in [1.82, 2.24) is 15.5 Å². The first-order valence-corrected chi connectivity index (χ1v) is 8.80. The fraction of sp³-hybridized carbons (Fsp3) is 0.421. The van der Waals surface area contributed by atoms with Crippen LogP contribution in [0.3, 0.4) is 0 Å². The van der Waals surface area contributed by atoms with Crippen LogP contribution in [0.5, 0.6) is 0 Å². The number of benzene rings is 1. The number of imide groups is 1. The molecule has 0 aromatic heterocycles. The molecule has 0 spiro atoms. The van der Waals surface area contributed by atoms with Crippen LogP contribution in [0.15, 0.2) is 24.3 Å². The van der Waals surface area contributed by atoms with Crippen LogP contribution < -0.4 is 10.6 Å². The van der Waals surface area contributed by atoms with Gasteiger partial charge >= 0.3 is 6.03 Å². The number of urea groups is 1. The first-order chi connectivity index (χ1) is 13.1. The van der Waals surface area contributed by atoms with Crippen molar-refractivity contribution in [2.45, 2.75) is 44.7 Å². The first-order valence-electron chi connectivity index (χ1n) is 8.80. The number of nitro benzene ring substituents is 1. The number of nitrogens with zero attached hydrogens (tertiary/aromatic N) is 2. The largest absolute Gasteiger partial charge is 0.338 e. The monoisotopic (exact) mass is 386 g/mol. The Bertz CT molecular complexity index is 854. The third kappa shape index (κ3) is 3.67. The van der Waals surface area contributed by atoms with Crippen LogP contribution in [0, 0.1) is 22.5 Å². The number of carbonyl (C=O) groups is 3. The maximum Gasteiger partial charge on any atom is 0.325 e. The first kappa shape index (κ1) is 20.9. The molecule has 1 saturated heterocycles. The van der Waals surface area contributed by atoms with Gasteiger partial charge in [0, 0.05) is 12.1 Å². The summed E-state index contributed by atoms with van der Waals surface area (Å²) in [7, 11) is 0. The quantitative estimate of drug-likeness (QED) is 0.319. The van der Waals surface area contributed by atoms with E-state index in [0.29, 0.717) is 18.4 Å². The van der Waals surface area contributed by atoms with E-state index in [-0.39, 0.29) is 5.69 Å². The van der Waals surface area contributed by atoms with Crippen LogP contribution in [0.25, 0.3) is 0 Å². The molecule has 28 heavy (non-hydrogen) atoms. The molecule has 0 saturated carbocycles. The second-order valence-corrected chi connectivity index (χ2v) is 6.73. The molecule has 0 bridgehead atoms. The summed E-state index contributed by atoms with van der Waals surface area (Å²) in [5.41, 5.74) is -2.02. The van der Waals surface area contributed by atoms with E-state index in [0.717, 1.165) is 4.90 Å². The molecule has 0 radical (unpaired) electrons. The summed E-state index contributed by atoms with van der Waals surface area (Å²) in [6, 6.07) is 4.58. The Hall–Kier alpha value is -3.41. The third-order valence-corrected chi connectivity index (χ3v) is 5.09. The van der Waals surface area contributed by atoms with Crippen LogP contribution in [0.2, 0.25) is 0 Å².